The van der Waals surface area contributed by atoms with E-state index in [1.165, 1.54) is 43.3 Å². The van der Waals surface area contributed by atoms with Crippen molar-refractivity contribution in [2.45, 2.75) is 38.0 Å². The molecule has 0 unspecified atom stereocenters. The van der Waals surface area contributed by atoms with E-state index < -0.39 is 0 Å². The molecule has 4 aromatic heterocycles. The summed E-state index contributed by atoms with van der Waals surface area (Å²) in [5.74, 6) is 1.67. The Kier molecular flexibility index (Phi) is 3.48. The van der Waals surface area contributed by atoms with Crippen LogP contribution in [0.5, 0.6) is 0 Å². The lowest BCUT2D eigenvalue weighted by Crippen LogP contribution is -2.09. The third-order valence-electron chi connectivity index (χ3n) is 6.09. The molecule has 5 nitrogen and oxygen atoms in total. The molecule has 1 aliphatic carbocycles. The molecule has 1 aliphatic rings. The smallest absolute Gasteiger partial charge is 0.154 e. The van der Waals surface area contributed by atoms with Crippen molar-refractivity contribution >= 4 is 27.5 Å². The number of hydrogen-bond acceptors (Lipinski definition) is 3. The fraction of sp³-hybridized carbons (Fsp3) is 0.261. The van der Waals surface area contributed by atoms with Crippen molar-refractivity contribution in [1.82, 2.24) is 24.3 Å². The summed E-state index contributed by atoms with van der Waals surface area (Å²) in [7, 11) is 0. The lowest BCUT2D eigenvalue weighted by atomic mass is 9.89. The van der Waals surface area contributed by atoms with Crippen LogP contribution in [0.2, 0.25) is 0 Å². The molecule has 5 aromatic rings. The van der Waals surface area contributed by atoms with Crippen LogP contribution in [0.3, 0.4) is 0 Å². The highest BCUT2D eigenvalue weighted by Crippen LogP contribution is 2.38. The third-order valence-corrected chi connectivity index (χ3v) is 6.09. The summed E-state index contributed by atoms with van der Waals surface area (Å²) in [5.41, 5.74) is 5.13. The van der Waals surface area contributed by atoms with Crippen LogP contribution in [0.25, 0.3) is 38.7 Å². The summed E-state index contributed by atoms with van der Waals surface area (Å²) in [6, 6.07) is 10.5. The Morgan fingerprint density at radius 3 is 2.75 bits per heavy atom. The first kappa shape index (κ1) is 15.8. The largest absolute Gasteiger partial charge is 0.345 e. The number of nitrogens with zero attached hydrogens (tertiary/aromatic N) is 4. The molecule has 1 fully saturated rings. The van der Waals surface area contributed by atoms with E-state index in [9.17, 15) is 0 Å². The highest BCUT2D eigenvalue weighted by molar-refractivity contribution is 5.99. The third kappa shape index (κ3) is 2.29. The molecule has 4 heterocycles. The first-order valence-electron chi connectivity index (χ1n) is 10.1. The van der Waals surface area contributed by atoms with E-state index in [0.29, 0.717) is 5.92 Å². The Morgan fingerprint density at radius 2 is 1.82 bits per heavy atom. The summed E-state index contributed by atoms with van der Waals surface area (Å²) >= 11 is 0. The van der Waals surface area contributed by atoms with E-state index >= 15 is 0 Å². The Balaban J connectivity index is 1.69. The molecule has 0 saturated heterocycles. The normalized spacial score (nSPS) is 15.7. The Bertz CT molecular complexity index is 1300. The highest BCUT2D eigenvalue weighted by Gasteiger charge is 2.25. The van der Waals surface area contributed by atoms with Gasteiger partial charge in [-0.25, -0.2) is 9.97 Å². The second kappa shape index (κ2) is 6.16. The minimum absolute atomic E-state index is 0.499. The van der Waals surface area contributed by atoms with Crippen LogP contribution in [0.4, 0.5) is 0 Å². The second-order valence-corrected chi connectivity index (χ2v) is 7.75. The van der Waals surface area contributed by atoms with Gasteiger partial charge in [0, 0.05) is 35.5 Å². The Morgan fingerprint density at radius 1 is 0.929 bits per heavy atom. The predicted octanol–water partition coefficient (Wildman–Crippen LogP) is 5.47. The molecular formula is C23H21N5. The predicted molar refractivity (Wildman–Crippen MR) is 111 cm³/mol. The topological polar surface area (TPSA) is 58.9 Å². The molecule has 6 rings (SSSR count). The summed E-state index contributed by atoms with van der Waals surface area (Å²) in [6.07, 6.45) is 14.1. The zero-order valence-corrected chi connectivity index (χ0v) is 15.6. The van der Waals surface area contributed by atoms with Gasteiger partial charge in [0.25, 0.3) is 0 Å². The van der Waals surface area contributed by atoms with Crippen LogP contribution in [-0.4, -0.2) is 24.3 Å². The van der Waals surface area contributed by atoms with Crippen LogP contribution in [0.15, 0.2) is 55.1 Å². The first-order valence-corrected chi connectivity index (χ1v) is 10.1. The number of rotatable bonds is 2. The molecule has 0 bridgehead atoms. The van der Waals surface area contributed by atoms with Crippen molar-refractivity contribution in [2.24, 2.45) is 0 Å². The van der Waals surface area contributed by atoms with Gasteiger partial charge in [-0.2, -0.15) is 0 Å². The molecule has 1 saturated carbocycles. The molecule has 1 N–H and O–H groups in total. The van der Waals surface area contributed by atoms with Crippen molar-refractivity contribution in [3.63, 3.8) is 0 Å². The maximum atomic E-state index is 5.23. The van der Waals surface area contributed by atoms with Crippen LogP contribution >= 0.6 is 0 Å². The second-order valence-electron chi connectivity index (χ2n) is 7.75. The van der Waals surface area contributed by atoms with Gasteiger partial charge in [-0.3, -0.25) is 9.38 Å². The Hall–Kier alpha value is -3.21. The molecule has 0 radical (unpaired) electrons. The number of nitrogens with one attached hydrogen (secondary N) is 1. The maximum absolute atomic E-state index is 5.23. The van der Waals surface area contributed by atoms with Gasteiger partial charge >= 0.3 is 0 Å². The van der Waals surface area contributed by atoms with E-state index in [-0.39, 0.29) is 0 Å². The van der Waals surface area contributed by atoms with Gasteiger partial charge in [0.1, 0.15) is 11.5 Å². The first-order chi connectivity index (χ1) is 13.9. The number of fused-ring (bicyclic) bond motifs is 4. The Labute approximate surface area is 162 Å². The zero-order chi connectivity index (χ0) is 18.5. The van der Waals surface area contributed by atoms with Gasteiger partial charge in [0.05, 0.1) is 17.2 Å². The van der Waals surface area contributed by atoms with Crippen molar-refractivity contribution in [2.75, 3.05) is 0 Å². The van der Waals surface area contributed by atoms with Gasteiger partial charge in [-0.05, 0) is 24.3 Å². The van der Waals surface area contributed by atoms with Crippen LogP contribution in [-0.2, 0) is 0 Å². The van der Waals surface area contributed by atoms with Crippen molar-refractivity contribution in [1.29, 1.82) is 0 Å². The molecule has 5 heteroatoms. The standard InChI is InChI=1S/C23H21N5/c1-2-6-15(7-3-1)23-27-21(18-13-24-12-16-8-4-5-9-17(16)18)20-14-26-22-19(28(20)23)10-11-25-22/h4-5,8-15,25H,1-3,6-7H2. The molecule has 0 amide bonds. The summed E-state index contributed by atoms with van der Waals surface area (Å²) in [5, 5.41) is 2.32. The van der Waals surface area contributed by atoms with Crippen LogP contribution < -0.4 is 0 Å². The van der Waals surface area contributed by atoms with E-state index in [2.05, 4.69) is 49.7 Å². The fourth-order valence-electron chi connectivity index (χ4n) is 4.72. The van der Waals surface area contributed by atoms with Crippen molar-refractivity contribution in [3.8, 4) is 11.3 Å². The number of aromatic amines is 1. The molecular weight excluding hydrogens is 346 g/mol. The van der Waals surface area contributed by atoms with Gasteiger partial charge in [-0.1, -0.05) is 43.5 Å². The van der Waals surface area contributed by atoms with Crippen LogP contribution in [0.1, 0.15) is 43.8 Å². The zero-order valence-electron chi connectivity index (χ0n) is 15.6. The monoisotopic (exact) mass is 367 g/mol. The molecule has 0 aliphatic heterocycles. The van der Waals surface area contributed by atoms with E-state index in [1.807, 2.05) is 24.8 Å². The number of benzene rings is 1. The quantitative estimate of drug-likeness (QED) is 0.450. The SMILES string of the molecule is c1ccc2c(-c3nc(C4CCCCC4)n4c3cnc3[nH]ccc34)cncc2c1. The van der Waals surface area contributed by atoms with Gasteiger partial charge < -0.3 is 4.98 Å². The molecule has 28 heavy (non-hydrogen) atoms. The average Bonchev–Trinajstić information content (AvgIpc) is 3.38. The van der Waals surface area contributed by atoms with Crippen molar-refractivity contribution < 1.29 is 0 Å². The minimum Gasteiger partial charge on any atom is -0.345 e. The molecule has 1 aromatic carbocycles. The maximum Gasteiger partial charge on any atom is 0.154 e. The molecule has 0 atom stereocenters. The summed E-state index contributed by atoms with van der Waals surface area (Å²) < 4.78 is 2.33. The summed E-state index contributed by atoms with van der Waals surface area (Å²) in [6.45, 7) is 0. The lowest BCUT2D eigenvalue weighted by molar-refractivity contribution is 0.429. The molecule has 138 valence electrons. The van der Waals surface area contributed by atoms with E-state index in [4.69, 9.17) is 4.98 Å². The van der Waals surface area contributed by atoms with E-state index in [0.717, 1.165) is 33.3 Å². The van der Waals surface area contributed by atoms with Gasteiger partial charge in [-0.15, -0.1) is 0 Å². The average molecular weight is 367 g/mol. The fourth-order valence-corrected chi connectivity index (χ4v) is 4.72. The molecule has 0 spiro atoms. The van der Waals surface area contributed by atoms with Crippen molar-refractivity contribution in [3.05, 3.63) is 60.9 Å². The van der Waals surface area contributed by atoms with Gasteiger partial charge in [0.15, 0.2) is 5.65 Å². The summed E-state index contributed by atoms with van der Waals surface area (Å²) in [4.78, 5) is 17.6. The number of aromatic nitrogens is 5. The minimum atomic E-state index is 0.499. The number of hydrogen-bond donors (Lipinski definition) is 1. The van der Waals surface area contributed by atoms with Crippen LogP contribution in [0, 0.1) is 0 Å². The number of pyridine rings is 1. The number of imidazole rings is 1. The van der Waals surface area contributed by atoms with E-state index in [1.54, 1.807) is 0 Å². The lowest BCUT2D eigenvalue weighted by Gasteiger charge is -2.20. The van der Waals surface area contributed by atoms with Gasteiger partial charge in [0.2, 0.25) is 0 Å². The number of H-pyrrole nitrogens is 1. The highest BCUT2D eigenvalue weighted by atomic mass is 15.1.